The summed E-state index contributed by atoms with van der Waals surface area (Å²) in [5.74, 6) is 0.0473. The van der Waals surface area contributed by atoms with E-state index in [1.54, 1.807) is 6.26 Å². The molecule has 0 aliphatic carbocycles. The first-order valence-corrected chi connectivity index (χ1v) is 5.32. The van der Waals surface area contributed by atoms with Crippen molar-refractivity contribution in [2.75, 3.05) is 18.6 Å². The molecule has 0 saturated carbocycles. The Morgan fingerprint density at radius 2 is 2.00 bits per heavy atom. The maximum Gasteiger partial charge on any atom is 0.411 e. The maximum atomic E-state index is 11.8. The lowest BCUT2D eigenvalue weighted by Gasteiger charge is -2.07. The number of hydrogen-bond donors (Lipinski definition) is 1. The highest BCUT2D eigenvalue weighted by atomic mass is 32.2. The molecule has 0 bridgehead atoms. The van der Waals surface area contributed by atoms with Crippen LogP contribution in [0.15, 0.2) is 5.16 Å². The highest BCUT2D eigenvalue weighted by Crippen LogP contribution is 2.15. The number of aromatic nitrogens is 3. The molecule has 0 atom stereocenters. The second-order valence-corrected chi connectivity index (χ2v) is 3.48. The summed E-state index contributed by atoms with van der Waals surface area (Å²) in [5.41, 5.74) is 5.34. The predicted octanol–water partition coefficient (Wildman–Crippen LogP) is 1.25. The largest absolute Gasteiger partial charge is 0.411 e. The van der Waals surface area contributed by atoms with Crippen LogP contribution in [0, 0.1) is 0 Å². The Kier molecular flexibility index (Phi) is 4.30. The summed E-state index contributed by atoms with van der Waals surface area (Å²) in [6, 6.07) is 0. The Hall–Kier alpha value is -1.09. The molecule has 0 amide bonds. The monoisotopic (exact) mass is 254 g/mol. The molecule has 1 aromatic heterocycles. The number of hydrogen-bond acceptors (Lipinski definition) is 6. The van der Waals surface area contributed by atoms with E-state index in [1.165, 1.54) is 11.8 Å². The molecule has 0 aliphatic rings. The van der Waals surface area contributed by atoms with E-state index >= 15 is 0 Å². The van der Waals surface area contributed by atoms with Crippen molar-refractivity contribution >= 4 is 17.7 Å². The van der Waals surface area contributed by atoms with Crippen LogP contribution < -0.4 is 5.73 Å². The SMILES string of the molecule is CSc1nc(N)nc(COCC(F)(F)F)n1. The van der Waals surface area contributed by atoms with Gasteiger partial charge in [0.1, 0.15) is 13.2 Å². The summed E-state index contributed by atoms with van der Waals surface area (Å²) >= 11 is 1.22. The Bertz CT molecular complexity index is 360. The second-order valence-electron chi connectivity index (χ2n) is 2.70. The summed E-state index contributed by atoms with van der Waals surface area (Å²) in [6.07, 6.45) is -2.64. The van der Waals surface area contributed by atoms with Gasteiger partial charge in [-0.05, 0) is 6.26 Å². The fraction of sp³-hybridized carbons (Fsp3) is 0.571. The van der Waals surface area contributed by atoms with E-state index in [0.717, 1.165) is 0 Å². The predicted molar refractivity (Wildman–Crippen MR) is 51.7 cm³/mol. The van der Waals surface area contributed by atoms with Gasteiger partial charge in [0.25, 0.3) is 0 Å². The molecule has 2 N–H and O–H groups in total. The molecule has 0 unspecified atom stereocenters. The van der Waals surface area contributed by atoms with Crippen molar-refractivity contribution in [3.05, 3.63) is 5.82 Å². The molecule has 0 fully saturated rings. The quantitative estimate of drug-likeness (QED) is 0.815. The van der Waals surface area contributed by atoms with E-state index in [1.807, 2.05) is 0 Å². The van der Waals surface area contributed by atoms with Gasteiger partial charge in [0.2, 0.25) is 5.95 Å². The molecule has 90 valence electrons. The Balaban J connectivity index is 2.57. The van der Waals surface area contributed by atoms with Crippen LogP contribution in [0.3, 0.4) is 0 Å². The van der Waals surface area contributed by atoms with E-state index in [9.17, 15) is 13.2 Å². The number of thioether (sulfide) groups is 1. The van der Waals surface area contributed by atoms with Crippen LogP contribution in [-0.2, 0) is 11.3 Å². The minimum atomic E-state index is -4.36. The third kappa shape index (κ3) is 4.62. The fourth-order valence-corrected chi connectivity index (χ4v) is 1.21. The van der Waals surface area contributed by atoms with Gasteiger partial charge < -0.3 is 10.5 Å². The van der Waals surface area contributed by atoms with Crippen LogP contribution in [0.5, 0.6) is 0 Å². The standard InChI is InChI=1S/C7H9F3N4OS/c1-16-6-13-4(12-5(11)14-6)2-15-3-7(8,9)10/h2-3H2,1H3,(H2,11,12,13,14). The van der Waals surface area contributed by atoms with Gasteiger partial charge in [-0.2, -0.15) is 23.1 Å². The molecule has 5 nitrogen and oxygen atoms in total. The van der Waals surface area contributed by atoms with Crippen molar-refractivity contribution < 1.29 is 17.9 Å². The number of halogens is 3. The zero-order valence-corrected chi connectivity index (χ0v) is 9.10. The first-order chi connectivity index (χ1) is 7.40. The minimum absolute atomic E-state index is 0.0371. The van der Waals surface area contributed by atoms with Gasteiger partial charge in [0.05, 0.1) is 0 Å². The van der Waals surface area contributed by atoms with Crippen molar-refractivity contribution in [3.8, 4) is 0 Å². The molecule has 16 heavy (non-hydrogen) atoms. The van der Waals surface area contributed by atoms with Crippen molar-refractivity contribution in [3.63, 3.8) is 0 Å². The second kappa shape index (κ2) is 5.30. The van der Waals surface area contributed by atoms with Crippen LogP contribution in [0.1, 0.15) is 5.82 Å². The molecule has 0 aromatic carbocycles. The molecule has 1 aromatic rings. The lowest BCUT2D eigenvalue weighted by atomic mass is 10.6. The molecule has 0 radical (unpaired) electrons. The average molecular weight is 254 g/mol. The van der Waals surface area contributed by atoms with Crippen LogP contribution in [0.2, 0.25) is 0 Å². The number of nitrogen functional groups attached to an aromatic ring is 1. The molecular formula is C7H9F3N4OS. The molecular weight excluding hydrogens is 245 g/mol. The highest BCUT2D eigenvalue weighted by molar-refractivity contribution is 7.98. The van der Waals surface area contributed by atoms with Crippen molar-refractivity contribution in [1.29, 1.82) is 0 Å². The van der Waals surface area contributed by atoms with Crippen molar-refractivity contribution in [2.45, 2.75) is 17.9 Å². The number of nitrogens with zero attached hydrogens (tertiary/aromatic N) is 3. The molecule has 9 heteroatoms. The van der Waals surface area contributed by atoms with E-state index in [4.69, 9.17) is 5.73 Å². The lowest BCUT2D eigenvalue weighted by Crippen LogP contribution is -2.17. The zero-order chi connectivity index (χ0) is 12.2. The smallest absolute Gasteiger partial charge is 0.368 e. The zero-order valence-electron chi connectivity index (χ0n) is 8.28. The summed E-state index contributed by atoms with van der Waals surface area (Å²) in [6.45, 7) is -1.69. The third-order valence-electron chi connectivity index (χ3n) is 1.36. The van der Waals surface area contributed by atoms with Crippen LogP contribution in [0.25, 0.3) is 0 Å². The van der Waals surface area contributed by atoms with E-state index in [0.29, 0.717) is 5.16 Å². The summed E-state index contributed by atoms with van der Waals surface area (Å²) < 4.78 is 39.7. The molecule has 0 saturated heterocycles. The minimum Gasteiger partial charge on any atom is -0.368 e. The molecule has 0 aliphatic heterocycles. The maximum absolute atomic E-state index is 11.8. The van der Waals surface area contributed by atoms with E-state index in [-0.39, 0.29) is 18.4 Å². The van der Waals surface area contributed by atoms with Crippen LogP contribution in [-0.4, -0.2) is 34.0 Å². The van der Waals surface area contributed by atoms with Gasteiger partial charge in [0, 0.05) is 0 Å². The first-order valence-electron chi connectivity index (χ1n) is 4.09. The first kappa shape index (κ1) is 13.0. The Morgan fingerprint density at radius 1 is 1.31 bits per heavy atom. The van der Waals surface area contributed by atoms with Crippen LogP contribution in [0.4, 0.5) is 19.1 Å². The number of nitrogens with two attached hydrogens (primary N) is 1. The molecule has 1 heterocycles. The van der Waals surface area contributed by atoms with Crippen LogP contribution >= 0.6 is 11.8 Å². The Labute approximate surface area is 93.6 Å². The summed E-state index contributed by atoms with van der Waals surface area (Å²) in [5, 5.41) is 0.345. The Morgan fingerprint density at radius 3 is 2.56 bits per heavy atom. The number of ether oxygens (including phenoxy) is 1. The van der Waals surface area contributed by atoms with Gasteiger partial charge in [-0.3, -0.25) is 0 Å². The van der Waals surface area contributed by atoms with Gasteiger partial charge in [-0.25, -0.2) is 4.98 Å². The van der Waals surface area contributed by atoms with Crippen molar-refractivity contribution in [1.82, 2.24) is 15.0 Å². The van der Waals surface area contributed by atoms with E-state index < -0.39 is 12.8 Å². The third-order valence-corrected chi connectivity index (χ3v) is 1.91. The highest BCUT2D eigenvalue weighted by Gasteiger charge is 2.27. The number of rotatable bonds is 4. The summed E-state index contributed by atoms with van der Waals surface area (Å²) in [4.78, 5) is 11.2. The van der Waals surface area contributed by atoms with Crippen molar-refractivity contribution in [2.24, 2.45) is 0 Å². The van der Waals surface area contributed by atoms with E-state index in [2.05, 4.69) is 19.7 Å². The van der Waals surface area contributed by atoms with Gasteiger partial charge in [-0.15, -0.1) is 0 Å². The van der Waals surface area contributed by atoms with Gasteiger partial charge in [0.15, 0.2) is 11.0 Å². The number of anilines is 1. The normalized spacial score (nSPS) is 11.8. The van der Waals surface area contributed by atoms with Gasteiger partial charge >= 0.3 is 6.18 Å². The number of alkyl halides is 3. The average Bonchev–Trinajstić information content (AvgIpc) is 2.14. The van der Waals surface area contributed by atoms with Gasteiger partial charge in [-0.1, -0.05) is 11.8 Å². The topological polar surface area (TPSA) is 73.9 Å². The lowest BCUT2D eigenvalue weighted by molar-refractivity contribution is -0.177. The molecule has 1 rings (SSSR count). The molecule has 0 spiro atoms. The fourth-order valence-electron chi connectivity index (χ4n) is 0.830. The summed E-state index contributed by atoms with van der Waals surface area (Å²) in [7, 11) is 0.